The molecule has 5 heteroatoms. The summed E-state index contributed by atoms with van der Waals surface area (Å²) in [7, 11) is 0. The van der Waals surface area contributed by atoms with E-state index in [1.54, 1.807) is 0 Å². The first kappa shape index (κ1) is 15.2. The lowest BCUT2D eigenvalue weighted by Gasteiger charge is -2.35. The Bertz CT molecular complexity index is 442. The van der Waals surface area contributed by atoms with Crippen molar-refractivity contribution in [2.24, 2.45) is 0 Å². The third-order valence-electron chi connectivity index (χ3n) is 4.05. The highest BCUT2D eigenvalue weighted by molar-refractivity contribution is 5.88. The Kier molecular flexibility index (Phi) is 4.91. The molecule has 0 atom stereocenters. The monoisotopic (exact) mass is 279 g/mol. The number of ketones is 1. The molecule has 1 saturated carbocycles. The van der Waals surface area contributed by atoms with Gasteiger partial charge in [-0.25, -0.2) is 9.67 Å². The largest absolute Gasteiger partial charge is 0.367 e. The van der Waals surface area contributed by atoms with E-state index in [-0.39, 0.29) is 11.8 Å². The molecule has 0 aliphatic heterocycles. The SMILES string of the molecule is CCOC1(C(=O)Cc2ncnn2C(C)C)CCCCC1. The Labute approximate surface area is 120 Å². The maximum absolute atomic E-state index is 12.7. The third-order valence-corrected chi connectivity index (χ3v) is 4.05. The first-order valence-electron chi connectivity index (χ1n) is 7.64. The van der Waals surface area contributed by atoms with E-state index in [1.807, 2.05) is 25.5 Å². The number of hydrogen-bond acceptors (Lipinski definition) is 4. The summed E-state index contributed by atoms with van der Waals surface area (Å²) in [5.74, 6) is 0.906. The van der Waals surface area contributed by atoms with Gasteiger partial charge in [-0.2, -0.15) is 5.10 Å². The molecular weight excluding hydrogens is 254 g/mol. The van der Waals surface area contributed by atoms with Gasteiger partial charge in [0.1, 0.15) is 17.8 Å². The molecule has 0 radical (unpaired) electrons. The van der Waals surface area contributed by atoms with Crippen LogP contribution in [0.5, 0.6) is 0 Å². The topological polar surface area (TPSA) is 57.0 Å². The maximum atomic E-state index is 12.7. The summed E-state index contributed by atoms with van der Waals surface area (Å²) in [5, 5.41) is 4.20. The van der Waals surface area contributed by atoms with E-state index in [0.717, 1.165) is 31.5 Å². The fourth-order valence-corrected chi connectivity index (χ4v) is 3.04. The van der Waals surface area contributed by atoms with Crippen LogP contribution >= 0.6 is 0 Å². The minimum atomic E-state index is -0.583. The molecule has 2 rings (SSSR count). The van der Waals surface area contributed by atoms with Crippen molar-refractivity contribution < 1.29 is 9.53 Å². The van der Waals surface area contributed by atoms with Crippen molar-refractivity contribution in [1.82, 2.24) is 14.8 Å². The Morgan fingerprint density at radius 1 is 1.40 bits per heavy atom. The first-order chi connectivity index (χ1) is 9.59. The van der Waals surface area contributed by atoms with Crippen LogP contribution in [0.1, 0.15) is 64.7 Å². The predicted octanol–water partition coefficient (Wildman–Crippen LogP) is 2.71. The molecule has 1 aliphatic rings. The average molecular weight is 279 g/mol. The van der Waals surface area contributed by atoms with Crippen molar-refractivity contribution >= 4 is 5.78 Å². The van der Waals surface area contributed by atoms with Gasteiger partial charge >= 0.3 is 0 Å². The summed E-state index contributed by atoms with van der Waals surface area (Å²) >= 11 is 0. The van der Waals surface area contributed by atoms with Gasteiger partial charge in [0.25, 0.3) is 0 Å². The fraction of sp³-hybridized carbons (Fsp3) is 0.800. The van der Waals surface area contributed by atoms with Crippen molar-refractivity contribution in [2.75, 3.05) is 6.61 Å². The standard InChI is InChI=1S/C15H25N3O2/c1-4-20-15(8-6-5-7-9-15)13(19)10-14-16-11-17-18(14)12(2)3/h11-12H,4-10H2,1-3H3. The van der Waals surface area contributed by atoms with Crippen LogP contribution in [0.15, 0.2) is 6.33 Å². The third kappa shape index (κ3) is 3.08. The molecule has 1 fully saturated rings. The van der Waals surface area contributed by atoms with Gasteiger partial charge in [0.05, 0.1) is 6.42 Å². The molecular formula is C15H25N3O2. The zero-order valence-electron chi connectivity index (χ0n) is 12.8. The van der Waals surface area contributed by atoms with Crippen LogP contribution in [0.25, 0.3) is 0 Å². The molecule has 0 spiro atoms. The molecule has 112 valence electrons. The summed E-state index contributed by atoms with van der Waals surface area (Å²) < 4.78 is 7.69. The highest BCUT2D eigenvalue weighted by Gasteiger charge is 2.40. The molecule has 1 heterocycles. The van der Waals surface area contributed by atoms with Crippen LogP contribution in [-0.2, 0) is 16.0 Å². The van der Waals surface area contributed by atoms with Gasteiger partial charge in [0.15, 0.2) is 5.78 Å². The number of nitrogens with zero attached hydrogens (tertiary/aromatic N) is 3. The average Bonchev–Trinajstić information content (AvgIpc) is 2.88. The van der Waals surface area contributed by atoms with Crippen LogP contribution in [0, 0.1) is 0 Å². The van der Waals surface area contributed by atoms with E-state index in [0.29, 0.717) is 13.0 Å². The van der Waals surface area contributed by atoms with Crippen molar-refractivity contribution in [3.8, 4) is 0 Å². The summed E-state index contributed by atoms with van der Waals surface area (Å²) in [6.45, 7) is 6.63. The summed E-state index contributed by atoms with van der Waals surface area (Å²) in [6.07, 6.45) is 6.87. The fourth-order valence-electron chi connectivity index (χ4n) is 3.04. The van der Waals surface area contributed by atoms with Gasteiger partial charge in [-0.3, -0.25) is 4.79 Å². The van der Waals surface area contributed by atoms with E-state index in [4.69, 9.17) is 4.74 Å². The normalized spacial score (nSPS) is 18.4. The minimum Gasteiger partial charge on any atom is -0.367 e. The molecule has 0 amide bonds. The van der Waals surface area contributed by atoms with Gasteiger partial charge in [0.2, 0.25) is 0 Å². The van der Waals surface area contributed by atoms with Gasteiger partial charge in [-0.15, -0.1) is 0 Å². The number of hydrogen-bond donors (Lipinski definition) is 0. The van der Waals surface area contributed by atoms with E-state index in [1.165, 1.54) is 12.7 Å². The van der Waals surface area contributed by atoms with E-state index >= 15 is 0 Å². The van der Waals surface area contributed by atoms with Crippen molar-refractivity contribution in [3.05, 3.63) is 12.2 Å². The number of rotatable bonds is 6. The minimum absolute atomic E-state index is 0.161. The number of aromatic nitrogens is 3. The lowest BCUT2D eigenvalue weighted by atomic mass is 9.80. The summed E-state index contributed by atoms with van der Waals surface area (Å²) in [5.41, 5.74) is -0.583. The predicted molar refractivity (Wildman–Crippen MR) is 76.6 cm³/mol. The Morgan fingerprint density at radius 3 is 2.70 bits per heavy atom. The van der Waals surface area contributed by atoms with Crippen LogP contribution in [0.2, 0.25) is 0 Å². The van der Waals surface area contributed by atoms with Crippen molar-refractivity contribution in [1.29, 1.82) is 0 Å². The van der Waals surface area contributed by atoms with Crippen LogP contribution in [-0.4, -0.2) is 32.8 Å². The lowest BCUT2D eigenvalue weighted by molar-refractivity contribution is -0.148. The van der Waals surface area contributed by atoms with Crippen LogP contribution in [0.4, 0.5) is 0 Å². The molecule has 0 unspecified atom stereocenters. The molecule has 1 aliphatic carbocycles. The number of carbonyl (C=O) groups excluding carboxylic acids is 1. The second-order valence-electron chi connectivity index (χ2n) is 5.80. The van der Waals surface area contributed by atoms with Gasteiger partial charge in [-0.05, 0) is 33.6 Å². The van der Waals surface area contributed by atoms with Crippen LogP contribution in [0.3, 0.4) is 0 Å². The first-order valence-corrected chi connectivity index (χ1v) is 7.64. The molecule has 1 aromatic heterocycles. The maximum Gasteiger partial charge on any atom is 0.172 e. The lowest BCUT2D eigenvalue weighted by Crippen LogP contribution is -2.44. The molecule has 0 bridgehead atoms. The molecule has 20 heavy (non-hydrogen) atoms. The highest BCUT2D eigenvalue weighted by Crippen LogP contribution is 2.33. The van der Waals surface area contributed by atoms with E-state index < -0.39 is 5.60 Å². The number of carbonyl (C=O) groups is 1. The van der Waals surface area contributed by atoms with E-state index in [9.17, 15) is 4.79 Å². The molecule has 0 aromatic carbocycles. The van der Waals surface area contributed by atoms with Gasteiger partial charge < -0.3 is 4.74 Å². The summed E-state index contributed by atoms with van der Waals surface area (Å²) in [6, 6.07) is 0.217. The van der Waals surface area contributed by atoms with Gasteiger partial charge in [-0.1, -0.05) is 19.3 Å². The summed E-state index contributed by atoms with van der Waals surface area (Å²) in [4.78, 5) is 17.0. The molecule has 0 saturated heterocycles. The Hall–Kier alpha value is -1.23. The highest BCUT2D eigenvalue weighted by atomic mass is 16.5. The number of ether oxygens (including phenoxy) is 1. The smallest absolute Gasteiger partial charge is 0.172 e. The molecule has 1 aromatic rings. The van der Waals surface area contributed by atoms with Crippen molar-refractivity contribution in [2.45, 2.75) is 70.9 Å². The Morgan fingerprint density at radius 2 is 2.10 bits per heavy atom. The van der Waals surface area contributed by atoms with E-state index in [2.05, 4.69) is 10.1 Å². The zero-order valence-corrected chi connectivity index (χ0v) is 12.8. The van der Waals surface area contributed by atoms with Crippen molar-refractivity contribution in [3.63, 3.8) is 0 Å². The Balaban J connectivity index is 2.14. The zero-order chi connectivity index (χ0) is 14.6. The molecule has 0 N–H and O–H groups in total. The second-order valence-corrected chi connectivity index (χ2v) is 5.80. The van der Waals surface area contributed by atoms with Crippen LogP contribution < -0.4 is 0 Å². The quantitative estimate of drug-likeness (QED) is 0.803. The van der Waals surface area contributed by atoms with Gasteiger partial charge in [0, 0.05) is 12.6 Å². The number of Topliss-reactive ketones (excluding diaryl/α,β-unsaturated/α-hetero) is 1. The second kappa shape index (κ2) is 6.48. The molecule has 5 nitrogen and oxygen atoms in total.